The number of hydrogen-bond donors (Lipinski definition) is 1. The van der Waals surface area contributed by atoms with Crippen LogP contribution in [0.4, 0.5) is 18.0 Å². The van der Waals surface area contributed by atoms with E-state index in [0.29, 0.717) is 37.9 Å². The number of hydroxylamine groups is 2. The number of likely N-dealkylation sites (tertiary alicyclic amines) is 2. The lowest BCUT2D eigenvalue weighted by molar-refractivity contribution is -0.244. The highest BCUT2D eigenvalue weighted by atomic mass is 19.4. The number of nitrogens with one attached hydrogen (secondary N) is 1. The van der Waals surface area contributed by atoms with Gasteiger partial charge in [-0.05, 0) is 57.9 Å². The van der Waals surface area contributed by atoms with Crippen LogP contribution in [0, 0.1) is 5.92 Å². The minimum atomic E-state index is -5.20. The number of halogens is 3. The predicted molar refractivity (Wildman–Crippen MR) is 163 cm³/mol. The van der Waals surface area contributed by atoms with Crippen molar-refractivity contribution in [2.24, 2.45) is 5.92 Å². The second-order valence-electron chi connectivity index (χ2n) is 13.2. The number of ketones is 1. The van der Waals surface area contributed by atoms with Crippen LogP contribution in [0.1, 0.15) is 72.8 Å². The Labute approximate surface area is 268 Å². The van der Waals surface area contributed by atoms with Crippen molar-refractivity contribution in [2.45, 2.75) is 110 Å². The van der Waals surface area contributed by atoms with Crippen LogP contribution < -0.4 is 5.32 Å². The number of nitrogens with zero attached hydrogens (tertiary/aromatic N) is 4. The van der Waals surface area contributed by atoms with Gasteiger partial charge in [-0.1, -0.05) is 44.2 Å². The van der Waals surface area contributed by atoms with Crippen LogP contribution in [0.2, 0.25) is 0 Å². The summed E-state index contributed by atoms with van der Waals surface area (Å²) in [6.07, 6.45) is -4.97. The van der Waals surface area contributed by atoms with Gasteiger partial charge in [0, 0.05) is 33.0 Å². The van der Waals surface area contributed by atoms with E-state index in [1.807, 2.05) is 20.8 Å². The monoisotopic (exact) mass is 653 g/mol. The predicted octanol–water partition coefficient (Wildman–Crippen LogP) is 3.91. The molecule has 0 aliphatic carbocycles. The van der Waals surface area contributed by atoms with Crippen molar-refractivity contribution >= 4 is 30.0 Å². The average Bonchev–Trinajstić information content (AvgIpc) is 3.47. The number of carbonyl (C=O) groups excluding carboxylic acids is 5. The van der Waals surface area contributed by atoms with E-state index in [1.165, 1.54) is 16.9 Å². The van der Waals surface area contributed by atoms with E-state index >= 15 is 0 Å². The number of carbonyl (C=O) groups is 5. The Kier molecular flexibility index (Phi) is 12.2. The fourth-order valence-corrected chi connectivity index (χ4v) is 5.94. The summed E-state index contributed by atoms with van der Waals surface area (Å²) in [4.78, 5) is 74.0. The molecule has 2 aliphatic rings. The van der Waals surface area contributed by atoms with Gasteiger partial charge in [-0.15, -0.1) is 0 Å². The first-order valence-electron chi connectivity index (χ1n) is 15.7. The molecule has 14 heteroatoms. The number of benzene rings is 1. The molecule has 0 saturated carbocycles. The van der Waals surface area contributed by atoms with Gasteiger partial charge in [0.05, 0.1) is 11.6 Å². The first kappa shape index (κ1) is 36.8. The van der Waals surface area contributed by atoms with Crippen molar-refractivity contribution in [1.29, 1.82) is 0 Å². The smallest absolute Gasteiger partial charge is 0.326 e. The Morgan fingerprint density at radius 1 is 1.02 bits per heavy atom. The maximum atomic E-state index is 13.9. The number of Topliss-reactive ketones (excluding diaryl/α,β-unsaturated/α-hetero) is 1. The Hall–Kier alpha value is -3.68. The molecular weight excluding hydrogens is 607 g/mol. The molecule has 256 valence electrons. The van der Waals surface area contributed by atoms with Gasteiger partial charge in [0.25, 0.3) is 5.78 Å². The SMILES string of the molecule is CC(=O)N(OC(C)(C)C)C1CCN(C(=O)NC(C(=O)N2CCC[C@H]2N(C=O)[C@@H](Cc2ccccc2)C(=O)C(F)(F)F)C(C)C)CC1. The highest BCUT2D eigenvalue weighted by Crippen LogP contribution is 2.29. The number of rotatable bonds is 11. The van der Waals surface area contributed by atoms with Crippen molar-refractivity contribution in [3.8, 4) is 0 Å². The van der Waals surface area contributed by atoms with E-state index in [0.717, 1.165) is 4.90 Å². The van der Waals surface area contributed by atoms with Crippen LogP contribution in [0.5, 0.6) is 0 Å². The van der Waals surface area contributed by atoms with E-state index in [1.54, 1.807) is 49.1 Å². The lowest BCUT2D eigenvalue weighted by Gasteiger charge is -2.41. The average molecular weight is 654 g/mol. The molecule has 46 heavy (non-hydrogen) atoms. The summed E-state index contributed by atoms with van der Waals surface area (Å²) in [5, 5.41) is 4.15. The third-order valence-electron chi connectivity index (χ3n) is 8.16. The standard InChI is InChI=1S/C32H46F3N5O6/c1-21(2)27(36-30(45)37-17-14-24(15-18-37)40(22(3)42)46-31(4,5)6)29(44)38-16-10-13-26(38)39(20-41)25(28(43)32(33,34)35)19-23-11-8-7-9-12-23/h7-9,11-12,20-21,24-27H,10,13-19H2,1-6H3,(H,36,45)/t25-,26+,27?/m0/s1. The van der Waals surface area contributed by atoms with Crippen LogP contribution in [0.3, 0.4) is 0 Å². The van der Waals surface area contributed by atoms with Gasteiger partial charge in [0.15, 0.2) is 0 Å². The van der Waals surface area contributed by atoms with Crippen molar-refractivity contribution < 1.29 is 42.0 Å². The second-order valence-corrected chi connectivity index (χ2v) is 13.2. The van der Waals surface area contributed by atoms with Gasteiger partial charge in [-0.2, -0.15) is 13.2 Å². The molecule has 1 N–H and O–H groups in total. The molecule has 2 aliphatic heterocycles. The summed E-state index contributed by atoms with van der Waals surface area (Å²) in [6, 6.07) is 4.44. The van der Waals surface area contributed by atoms with Crippen LogP contribution in [0.25, 0.3) is 0 Å². The summed E-state index contributed by atoms with van der Waals surface area (Å²) in [7, 11) is 0. The minimum Gasteiger partial charge on any atom is -0.326 e. The highest BCUT2D eigenvalue weighted by Gasteiger charge is 2.49. The summed E-state index contributed by atoms with van der Waals surface area (Å²) in [6.45, 7) is 11.2. The van der Waals surface area contributed by atoms with Crippen LogP contribution >= 0.6 is 0 Å². The van der Waals surface area contributed by atoms with E-state index in [4.69, 9.17) is 4.84 Å². The van der Waals surface area contributed by atoms with Gasteiger partial charge < -0.3 is 20.0 Å². The normalized spacial score (nSPS) is 19.0. The third-order valence-corrected chi connectivity index (χ3v) is 8.16. The Balaban J connectivity index is 1.75. The highest BCUT2D eigenvalue weighted by molar-refractivity contribution is 5.91. The van der Waals surface area contributed by atoms with Crippen molar-refractivity contribution in [3.63, 3.8) is 0 Å². The van der Waals surface area contributed by atoms with Crippen molar-refractivity contribution in [3.05, 3.63) is 35.9 Å². The summed E-state index contributed by atoms with van der Waals surface area (Å²) in [5.74, 6) is -3.26. The van der Waals surface area contributed by atoms with Crippen LogP contribution in [-0.2, 0) is 30.4 Å². The number of piperidine rings is 1. The number of alkyl halides is 3. The van der Waals surface area contributed by atoms with Crippen LogP contribution in [0.15, 0.2) is 30.3 Å². The molecule has 0 radical (unpaired) electrons. The molecule has 0 aromatic heterocycles. The Bertz CT molecular complexity index is 1230. The van der Waals surface area contributed by atoms with Crippen LogP contribution in [-0.4, -0.2) is 106 Å². The Morgan fingerprint density at radius 3 is 2.13 bits per heavy atom. The molecule has 3 rings (SSSR count). The lowest BCUT2D eigenvalue weighted by atomic mass is 9.99. The molecule has 0 spiro atoms. The molecule has 1 aromatic rings. The van der Waals surface area contributed by atoms with Gasteiger partial charge in [-0.3, -0.25) is 24.0 Å². The van der Waals surface area contributed by atoms with E-state index in [-0.39, 0.29) is 37.7 Å². The number of urea groups is 1. The molecule has 0 bridgehead atoms. The summed E-state index contributed by atoms with van der Waals surface area (Å²) in [5.41, 5.74) is -0.153. The lowest BCUT2D eigenvalue weighted by Crippen LogP contribution is -2.61. The van der Waals surface area contributed by atoms with E-state index in [2.05, 4.69) is 5.32 Å². The molecule has 2 saturated heterocycles. The first-order chi connectivity index (χ1) is 21.4. The molecule has 1 aromatic carbocycles. The molecule has 2 heterocycles. The molecule has 3 atom stereocenters. The molecule has 11 nitrogen and oxygen atoms in total. The first-order valence-corrected chi connectivity index (χ1v) is 15.7. The second kappa shape index (κ2) is 15.3. The molecule has 1 unspecified atom stereocenters. The summed E-state index contributed by atoms with van der Waals surface area (Å²) < 4.78 is 41.2. The van der Waals surface area contributed by atoms with Gasteiger partial charge in [0.2, 0.25) is 18.2 Å². The van der Waals surface area contributed by atoms with Gasteiger partial charge in [-0.25, -0.2) is 9.86 Å². The fraction of sp³-hybridized carbons (Fsp3) is 0.656. The maximum absolute atomic E-state index is 13.9. The minimum absolute atomic E-state index is 0.144. The number of hydrogen-bond acceptors (Lipinski definition) is 6. The molecule has 2 fully saturated rings. The maximum Gasteiger partial charge on any atom is 0.452 e. The third kappa shape index (κ3) is 9.43. The van der Waals surface area contributed by atoms with Crippen molar-refractivity contribution in [1.82, 2.24) is 25.1 Å². The number of amides is 5. The molecule has 5 amide bonds. The fourth-order valence-electron chi connectivity index (χ4n) is 5.94. The van der Waals surface area contributed by atoms with Crippen molar-refractivity contribution in [2.75, 3.05) is 19.6 Å². The van der Waals surface area contributed by atoms with E-state index in [9.17, 15) is 37.1 Å². The Morgan fingerprint density at radius 2 is 1.63 bits per heavy atom. The quantitative estimate of drug-likeness (QED) is 0.286. The van der Waals surface area contributed by atoms with Gasteiger partial charge in [0.1, 0.15) is 18.2 Å². The van der Waals surface area contributed by atoms with E-state index < -0.39 is 53.7 Å². The zero-order chi connectivity index (χ0) is 34.4. The molecular formula is C32H46F3N5O6. The largest absolute Gasteiger partial charge is 0.452 e. The zero-order valence-corrected chi connectivity index (χ0v) is 27.4. The zero-order valence-electron chi connectivity index (χ0n) is 27.4. The topological polar surface area (TPSA) is 120 Å². The van der Waals surface area contributed by atoms with Gasteiger partial charge >= 0.3 is 12.2 Å². The summed E-state index contributed by atoms with van der Waals surface area (Å²) >= 11 is 0.